The fourth-order valence-electron chi connectivity index (χ4n) is 3.17. The average molecular weight is 323 g/mol. The van der Waals surface area contributed by atoms with Gasteiger partial charge in [0.2, 0.25) is 11.7 Å². The summed E-state index contributed by atoms with van der Waals surface area (Å²) in [7, 11) is 0. The lowest BCUT2D eigenvalue weighted by Gasteiger charge is -2.21. The molecule has 0 amide bonds. The maximum atomic E-state index is 9.54. The molecule has 4 rings (SSSR count). The molecule has 0 saturated carbocycles. The van der Waals surface area contributed by atoms with Crippen LogP contribution in [0.25, 0.3) is 22.2 Å². The molecule has 122 valence electrons. The molecule has 1 unspecified atom stereocenters. The van der Waals surface area contributed by atoms with E-state index in [0.29, 0.717) is 11.7 Å². The minimum atomic E-state index is -0.124. The van der Waals surface area contributed by atoms with Crippen molar-refractivity contribution in [2.24, 2.45) is 5.73 Å². The molecule has 3 aromatic rings. The number of phenols is 1. The maximum Gasteiger partial charge on any atom is 0.249 e. The van der Waals surface area contributed by atoms with Crippen LogP contribution in [0, 0.1) is 5.41 Å². The molecule has 7 heteroatoms. The van der Waals surface area contributed by atoms with E-state index in [1.54, 1.807) is 17.0 Å². The van der Waals surface area contributed by atoms with Gasteiger partial charge in [-0.05, 0) is 41.8 Å². The molecular weight excluding hydrogens is 306 g/mol. The molecule has 1 saturated heterocycles. The van der Waals surface area contributed by atoms with Crippen LogP contribution >= 0.6 is 0 Å². The number of nitrogens with zero attached hydrogens (tertiary/aromatic N) is 3. The van der Waals surface area contributed by atoms with Gasteiger partial charge in [0.25, 0.3) is 0 Å². The first-order chi connectivity index (χ1) is 11.6. The number of hydrogen-bond acceptors (Lipinski definition) is 5. The summed E-state index contributed by atoms with van der Waals surface area (Å²) in [6, 6.07) is 10.9. The largest absolute Gasteiger partial charge is 0.508 e. The third-order valence-electron chi connectivity index (χ3n) is 4.37. The number of nitrogens with two attached hydrogens (primary N) is 1. The first-order valence-electron chi connectivity index (χ1n) is 7.79. The number of phenolic OH excluding ortho intramolecular Hbond substituents is 1. The zero-order valence-corrected chi connectivity index (χ0v) is 12.9. The quantitative estimate of drug-likeness (QED) is 0.493. The minimum absolute atomic E-state index is 0.0303. The lowest BCUT2D eigenvalue weighted by atomic mass is 10.1. The fraction of sp³-hybridized carbons (Fsp3) is 0.235. The molecule has 1 aromatic heterocycles. The average Bonchev–Trinajstić information content (AvgIpc) is 3.23. The number of aromatic hydroxyl groups is 1. The molecular formula is C17H17N5O2. The summed E-state index contributed by atoms with van der Waals surface area (Å²) >= 11 is 0. The molecule has 1 fully saturated rings. The van der Waals surface area contributed by atoms with Crippen LogP contribution in [-0.4, -0.2) is 32.7 Å². The first-order valence-corrected chi connectivity index (χ1v) is 7.79. The number of guanidine groups is 1. The monoisotopic (exact) mass is 323 g/mol. The van der Waals surface area contributed by atoms with Gasteiger partial charge >= 0.3 is 0 Å². The number of likely N-dealkylation sites (tertiary alicyclic amines) is 1. The second-order valence-electron chi connectivity index (χ2n) is 5.94. The zero-order chi connectivity index (χ0) is 16.7. The van der Waals surface area contributed by atoms with Crippen LogP contribution in [0.1, 0.15) is 24.8 Å². The molecule has 2 aromatic carbocycles. The highest BCUT2D eigenvalue weighted by atomic mass is 16.5. The van der Waals surface area contributed by atoms with E-state index in [1.807, 2.05) is 24.3 Å². The predicted molar refractivity (Wildman–Crippen MR) is 89.5 cm³/mol. The van der Waals surface area contributed by atoms with Gasteiger partial charge in [0.1, 0.15) is 11.8 Å². The number of benzene rings is 2. The van der Waals surface area contributed by atoms with Gasteiger partial charge in [-0.1, -0.05) is 23.4 Å². The molecule has 0 radical (unpaired) electrons. The Bertz CT molecular complexity index is 920. The van der Waals surface area contributed by atoms with Gasteiger partial charge in [-0.2, -0.15) is 4.98 Å². The summed E-state index contributed by atoms with van der Waals surface area (Å²) in [6.45, 7) is 0.733. The van der Waals surface area contributed by atoms with Gasteiger partial charge in [-0.25, -0.2) is 0 Å². The van der Waals surface area contributed by atoms with Crippen molar-refractivity contribution in [3.05, 3.63) is 42.3 Å². The van der Waals surface area contributed by atoms with Crippen LogP contribution in [0.15, 0.2) is 40.9 Å². The Labute approximate surface area is 138 Å². The van der Waals surface area contributed by atoms with Crippen molar-refractivity contribution in [2.75, 3.05) is 6.54 Å². The van der Waals surface area contributed by atoms with Crippen LogP contribution in [0.5, 0.6) is 5.75 Å². The predicted octanol–water partition coefficient (Wildman–Crippen LogP) is 2.63. The van der Waals surface area contributed by atoms with Crippen molar-refractivity contribution in [3.8, 4) is 17.1 Å². The molecule has 1 aliphatic heterocycles. The molecule has 0 bridgehead atoms. The lowest BCUT2D eigenvalue weighted by molar-refractivity contribution is 0.283. The van der Waals surface area contributed by atoms with Crippen LogP contribution in [0.2, 0.25) is 0 Å². The first kappa shape index (κ1) is 14.5. The van der Waals surface area contributed by atoms with E-state index in [-0.39, 0.29) is 17.8 Å². The lowest BCUT2D eigenvalue weighted by Crippen LogP contribution is -2.35. The van der Waals surface area contributed by atoms with E-state index in [0.717, 1.165) is 35.7 Å². The third kappa shape index (κ3) is 2.44. The van der Waals surface area contributed by atoms with Gasteiger partial charge in [0, 0.05) is 12.1 Å². The van der Waals surface area contributed by atoms with Crippen LogP contribution in [0.4, 0.5) is 0 Å². The zero-order valence-electron chi connectivity index (χ0n) is 12.9. The van der Waals surface area contributed by atoms with Crippen molar-refractivity contribution >= 4 is 16.7 Å². The summed E-state index contributed by atoms with van der Waals surface area (Å²) in [5, 5.41) is 23.2. The number of rotatable bonds is 2. The van der Waals surface area contributed by atoms with E-state index in [4.69, 9.17) is 15.7 Å². The Balaban J connectivity index is 1.67. The number of aromatic nitrogens is 2. The maximum absolute atomic E-state index is 9.54. The molecule has 1 aliphatic rings. The van der Waals surface area contributed by atoms with Crippen LogP contribution in [0.3, 0.4) is 0 Å². The topological polar surface area (TPSA) is 112 Å². The summed E-state index contributed by atoms with van der Waals surface area (Å²) in [4.78, 5) is 6.28. The highest BCUT2D eigenvalue weighted by molar-refractivity contribution is 5.87. The molecule has 2 heterocycles. The highest BCUT2D eigenvalue weighted by Gasteiger charge is 2.31. The van der Waals surface area contributed by atoms with Crippen molar-refractivity contribution in [1.29, 1.82) is 5.41 Å². The van der Waals surface area contributed by atoms with Crippen LogP contribution < -0.4 is 5.73 Å². The van der Waals surface area contributed by atoms with E-state index < -0.39 is 0 Å². The summed E-state index contributed by atoms with van der Waals surface area (Å²) in [5.41, 5.74) is 6.46. The van der Waals surface area contributed by atoms with E-state index >= 15 is 0 Å². The Morgan fingerprint density at radius 3 is 2.88 bits per heavy atom. The van der Waals surface area contributed by atoms with E-state index in [9.17, 15) is 5.11 Å². The highest BCUT2D eigenvalue weighted by Crippen LogP contribution is 2.32. The summed E-state index contributed by atoms with van der Waals surface area (Å²) in [6.07, 6.45) is 1.79. The third-order valence-corrected chi connectivity index (χ3v) is 4.37. The molecule has 4 N–H and O–H groups in total. The summed E-state index contributed by atoms with van der Waals surface area (Å²) in [5.74, 6) is 1.27. The van der Waals surface area contributed by atoms with E-state index in [1.165, 1.54) is 0 Å². The van der Waals surface area contributed by atoms with Gasteiger partial charge in [-0.15, -0.1) is 0 Å². The Hall–Kier alpha value is -3.09. The Morgan fingerprint density at radius 2 is 2.04 bits per heavy atom. The van der Waals surface area contributed by atoms with Gasteiger partial charge in [0.05, 0.1) is 0 Å². The van der Waals surface area contributed by atoms with Crippen molar-refractivity contribution in [1.82, 2.24) is 15.0 Å². The normalized spacial score (nSPS) is 17.5. The Morgan fingerprint density at radius 1 is 1.25 bits per heavy atom. The van der Waals surface area contributed by atoms with Crippen LogP contribution in [-0.2, 0) is 0 Å². The fourth-order valence-corrected chi connectivity index (χ4v) is 3.17. The van der Waals surface area contributed by atoms with Crippen molar-refractivity contribution < 1.29 is 9.63 Å². The Kier molecular flexibility index (Phi) is 3.34. The standard InChI is InChI=1S/C17H17N5O2/c18-17(19)22-7-1-2-14(22)16-20-15(21-24-16)12-4-3-11-9-13(23)6-5-10(11)8-12/h3-6,8-9,14,23H,1-2,7H2,(H3,18,19). The molecule has 0 spiro atoms. The summed E-state index contributed by atoms with van der Waals surface area (Å²) < 4.78 is 5.42. The number of nitrogens with one attached hydrogen (secondary N) is 1. The van der Waals surface area contributed by atoms with Gasteiger partial charge < -0.3 is 20.3 Å². The molecule has 0 aliphatic carbocycles. The van der Waals surface area contributed by atoms with E-state index in [2.05, 4.69) is 10.1 Å². The van der Waals surface area contributed by atoms with Crippen molar-refractivity contribution in [3.63, 3.8) is 0 Å². The smallest absolute Gasteiger partial charge is 0.249 e. The second kappa shape index (κ2) is 5.52. The molecule has 24 heavy (non-hydrogen) atoms. The van der Waals surface area contributed by atoms with Gasteiger partial charge in [0.15, 0.2) is 5.96 Å². The molecule has 1 atom stereocenters. The number of hydrogen-bond donors (Lipinski definition) is 3. The molecule has 7 nitrogen and oxygen atoms in total. The minimum Gasteiger partial charge on any atom is -0.508 e. The second-order valence-corrected chi connectivity index (χ2v) is 5.94. The van der Waals surface area contributed by atoms with Crippen molar-refractivity contribution in [2.45, 2.75) is 18.9 Å². The number of fused-ring (bicyclic) bond motifs is 1. The van der Waals surface area contributed by atoms with Gasteiger partial charge in [-0.3, -0.25) is 5.41 Å². The SMILES string of the molecule is N=C(N)N1CCCC1c1nc(-c2ccc3cc(O)ccc3c2)no1.